The van der Waals surface area contributed by atoms with Crippen LogP contribution in [0.1, 0.15) is 29.7 Å². The van der Waals surface area contributed by atoms with E-state index < -0.39 is 0 Å². The number of halogens is 3. The van der Waals surface area contributed by atoms with Crippen LogP contribution in [-0.4, -0.2) is 12.5 Å². The Balaban J connectivity index is 1.95. The molecule has 0 bridgehead atoms. The van der Waals surface area contributed by atoms with Crippen LogP contribution in [0.4, 0.5) is 0 Å². The van der Waals surface area contributed by atoms with Crippen LogP contribution in [0.25, 0.3) is 0 Å². The van der Waals surface area contributed by atoms with Gasteiger partial charge in [0.2, 0.25) is 0 Å². The number of rotatable bonds is 5. The number of carbonyl (C=O) groups is 1. The topological polar surface area (TPSA) is 38.3 Å². The minimum atomic E-state index is -0.247. The molecule has 2 rings (SSSR count). The SMILES string of the molecule is Cc1ccc([C@@H](C)NC(=O)COc2cc(Cl)c(Cl)cc2Cl)cc1C. The third-order valence-corrected chi connectivity index (χ3v) is 4.76. The standard InChI is InChI=1S/C18H18Cl3NO2/c1-10-4-5-13(6-11(10)2)12(3)22-18(23)9-24-17-8-15(20)14(19)7-16(17)21/h4-8,12H,9H2,1-3H3,(H,22,23)/t12-/m1/s1. The molecule has 3 nitrogen and oxygen atoms in total. The molecule has 6 heteroatoms. The fourth-order valence-electron chi connectivity index (χ4n) is 2.16. The highest BCUT2D eigenvalue weighted by Gasteiger charge is 2.13. The summed E-state index contributed by atoms with van der Waals surface area (Å²) in [6, 6.07) is 8.97. The smallest absolute Gasteiger partial charge is 0.258 e. The molecule has 0 aliphatic carbocycles. The van der Waals surface area contributed by atoms with Crippen molar-refractivity contribution < 1.29 is 9.53 Å². The van der Waals surface area contributed by atoms with E-state index in [4.69, 9.17) is 39.5 Å². The highest BCUT2D eigenvalue weighted by Crippen LogP contribution is 2.33. The molecule has 2 aromatic carbocycles. The van der Waals surface area contributed by atoms with Crippen LogP contribution < -0.4 is 10.1 Å². The van der Waals surface area contributed by atoms with Gasteiger partial charge in [0.25, 0.3) is 5.91 Å². The van der Waals surface area contributed by atoms with Gasteiger partial charge in [-0.2, -0.15) is 0 Å². The van der Waals surface area contributed by atoms with E-state index in [2.05, 4.69) is 18.3 Å². The first-order valence-electron chi connectivity index (χ1n) is 7.41. The Morgan fingerprint density at radius 3 is 2.38 bits per heavy atom. The monoisotopic (exact) mass is 385 g/mol. The first-order chi connectivity index (χ1) is 11.3. The number of hydrogen-bond acceptors (Lipinski definition) is 2. The van der Waals surface area contributed by atoms with Crippen LogP contribution in [-0.2, 0) is 4.79 Å². The molecule has 0 saturated carbocycles. The lowest BCUT2D eigenvalue weighted by Crippen LogP contribution is -2.31. The molecule has 0 saturated heterocycles. The highest BCUT2D eigenvalue weighted by molar-refractivity contribution is 6.43. The Labute approximate surface area is 156 Å². The molecule has 1 atom stereocenters. The molecule has 0 aliphatic rings. The van der Waals surface area contributed by atoms with E-state index in [1.807, 2.05) is 26.0 Å². The molecule has 0 fully saturated rings. The van der Waals surface area contributed by atoms with Crippen molar-refractivity contribution in [3.05, 3.63) is 62.1 Å². The quantitative estimate of drug-likeness (QED) is 0.687. The molecule has 24 heavy (non-hydrogen) atoms. The van der Waals surface area contributed by atoms with E-state index in [1.165, 1.54) is 23.3 Å². The van der Waals surface area contributed by atoms with Gasteiger partial charge >= 0.3 is 0 Å². The number of aryl methyl sites for hydroxylation is 2. The summed E-state index contributed by atoms with van der Waals surface area (Å²) in [5.74, 6) is 0.0721. The number of carbonyl (C=O) groups excluding carboxylic acids is 1. The lowest BCUT2D eigenvalue weighted by molar-refractivity contribution is -0.123. The Bertz CT molecular complexity index is 762. The van der Waals surface area contributed by atoms with E-state index in [-0.39, 0.29) is 18.6 Å². The van der Waals surface area contributed by atoms with Crippen molar-refractivity contribution in [3.63, 3.8) is 0 Å². The van der Waals surface area contributed by atoms with Crippen molar-refractivity contribution in [1.29, 1.82) is 0 Å². The van der Waals surface area contributed by atoms with Gasteiger partial charge in [-0.1, -0.05) is 53.0 Å². The molecule has 1 N–H and O–H groups in total. The molecular weight excluding hydrogens is 369 g/mol. The molecular formula is C18H18Cl3NO2. The number of benzene rings is 2. The molecule has 0 spiro atoms. The zero-order chi connectivity index (χ0) is 17.9. The summed E-state index contributed by atoms with van der Waals surface area (Å²) in [6.45, 7) is 5.86. The maximum atomic E-state index is 12.1. The van der Waals surface area contributed by atoms with Crippen LogP contribution in [0.5, 0.6) is 5.75 Å². The van der Waals surface area contributed by atoms with Gasteiger partial charge in [0.15, 0.2) is 6.61 Å². The third-order valence-electron chi connectivity index (χ3n) is 3.74. The summed E-state index contributed by atoms with van der Waals surface area (Å²) < 4.78 is 5.43. The van der Waals surface area contributed by atoms with Gasteiger partial charge in [-0.05, 0) is 43.5 Å². The summed E-state index contributed by atoms with van der Waals surface area (Å²) in [5.41, 5.74) is 3.45. The molecule has 1 amide bonds. The molecule has 0 aromatic heterocycles. The van der Waals surface area contributed by atoms with Crippen molar-refractivity contribution in [3.8, 4) is 5.75 Å². The second-order valence-electron chi connectivity index (χ2n) is 5.62. The average molecular weight is 387 g/mol. The maximum absolute atomic E-state index is 12.1. The van der Waals surface area contributed by atoms with Crippen LogP contribution in [0, 0.1) is 13.8 Å². The zero-order valence-electron chi connectivity index (χ0n) is 13.6. The van der Waals surface area contributed by atoms with Gasteiger partial charge in [0.1, 0.15) is 5.75 Å². The summed E-state index contributed by atoms with van der Waals surface area (Å²) in [5, 5.41) is 3.85. The van der Waals surface area contributed by atoms with E-state index in [9.17, 15) is 4.79 Å². The molecule has 0 radical (unpaired) electrons. The van der Waals surface area contributed by atoms with Gasteiger partial charge in [0, 0.05) is 6.07 Å². The lowest BCUT2D eigenvalue weighted by Gasteiger charge is -2.16. The minimum Gasteiger partial charge on any atom is -0.482 e. The van der Waals surface area contributed by atoms with Crippen LogP contribution in [0.2, 0.25) is 15.1 Å². The largest absolute Gasteiger partial charge is 0.482 e. The molecule has 0 unspecified atom stereocenters. The van der Waals surface area contributed by atoms with E-state index in [1.54, 1.807) is 0 Å². The second-order valence-corrected chi connectivity index (χ2v) is 6.84. The Morgan fingerprint density at radius 2 is 1.71 bits per heavy atom. The van der Waals surface area contributed by atoms with E-state index in [0.29, 0.717) is 20.8 Å². The fourth-order valence-corrected chi connectivity index (χ4v) is 2.75. The number of hydrogen-bond donors (Lipinski definition) is 1. The van der Waals surface area contributed by atoms with Gasteiger partial charge < -0.3 is 10.1 Å². The molecule has 128 valence electrons. The fraction of sp³-hybridized carbons (Fsp3) is 0.278. The second kappa shape index (κ2) is 8.11. The first-order valence-corrected chi connectivity index (χ1v) is 8.55. The van der Waals surface area contributed by atoms with Crippen molar-refractivity contribution in [2.45, 2.75) is 26.8 Å². The van der Waals surface area contributed by atoms with Crippen LogP contribution in [0.15, 0.2) is 30.3 Å². The zero-order valence-corrected chi connectivity index (χ0v) is 15.9. The Kier molecular flexibility index (Phi) is 6.39. The van der Waals surface area contributed by atoms with Gasteiger partial charge in [-0.15, -0.1) is 0 Å². The Morgan fingerprint density at radius 1 is 1.04 bits per heavy atom. The number of nitrogens with one attached hydrogen (secondary N) is 1. The molecule has 0 heterocycles. The van der Waals surface area contributed by atoms with E-state index >= 15 is 0 Å². The summed E-state index contributed by atoms with van der Waals surface area (Å²) in [4.78, 5) is 12.1. The van der Waals surface area contributed by atoms with Crippen molar-refractivity contribution in [2.24, 2.45) is 0 Å². The maximum Gasteiger partial charge on any atom is 0.258 e. The molecule has 2 aromatic rings. The number of amides is 1. The normalized spacial score (nSPS) is 11.9. The van der Waals surface area contributed by atoms with Crippen LogP contribution >= 0.6 is 34.8 Å². The lowest BCUT2D eigenvalue weighted by atomic mass is 10.0. The first kappa shape index (κ1) is 18.9. The number of ether oxygens (including phenoxy) is 1. The predicted molar refractivity (Wildman–Crippen MR) is 99.4 cm³/mol. The van der Waals surface area contributed by atoms with Gasteiger partial charge in [0.05, 0.1) is 21.1 Å². The summed E-state index contributed by atoms with van der Waals surface area (Å²) in [6.07, 6.45) is 0. The van der Waals surface area contributed by atoms with Gasteiger partial charge in [-0.25, -0.2) is 0 Å². The van der Waals surface area contributed by atoms with Gasteiger partial charge in [-0.3, -0.25) is 4.79 Å². The third kappa shape index (κ3) is 4.79. The van der Waals surface area contributed by atoms with E-state index in [0.717, 1.165) is 5.56 Å². The van der Waals surface area contributed by atoms with Crippen molar-refractivity contribution >= 4 is 40.7 Å². The highest BCUT2D eigenvalue weighted by atomic mass is 35.5. The summed E-state index contributed by atoms with van der Waals surface area (Å²) in [7, 11) is 0. The molecule has 0 aliphatic heterocycles. The average Bonchev–Trinajstić information content (AvgIpc) is 2.52. The van der Waals surface area contributed by atoms with Crippen molar-refractivity contribution in [2.75, 3.05) is 6.61 Å². The minimum absolute atomic E-state index is 0.121. The summed E-state index contributed by atoms with van der Waals surface area (Å²) >= 11 is 17.8. The van der Waals surface area contributed by atoms with Crippen molar-refractivity contribution in [1.82, 2.24) is 5.32 Å². The predicted octanol–water partition coefficient (Wildman–Crippen LogP) is 5.52. The van der Waals surface area contributed by atoms with Crippen LogP contribution in [0.3, 0.4) is 0 Å². The Hall–Kier alpha value is -1.42.